The van der Waals surface area contributed by atoms with E-state index in [9.17, 15) is 14.4 Å². The molecule has 0 aliphatic heterocycles. The van der Waals surface area contributed by atoms with Crippen molar-refractivity contribution in [2.24, 2.45) is 5.41 Å². The van der Waals surface area contributed by atoms with Gasteiger partial charge in [-0.3, -0.25) is 14.4 Å². The van der Waals surface area contributed by atoms with Crippen molar-refractivity contribution < 1.29 is 28.6 Å². The molecule has 0 saturated heterocycles. The van der Waals surface area contributed by atoms with Crippen LogP contribution in [-0.4, -0.2) is 37.7 Å². The fraction of sp³-hybridized carbons (Fsp3) is 0.550. The van der Waals surface area contributed by atoms with E-state index in [1.165, 1.54) is 0 Å². The highest BCUT2D eigenvalue weighted by Gasteiger charge is 2.63. The molecule has 0 bridgehead atoms. The molecule has 1 aromatic carbocycles. The first-order valence-electron chi connectivity index (χ1n) is 9.23. The Bertz CT molecular complexity index is 669. The molecule has 27 heavy (non-hydrogen) atoms. The highest BCUT2D eigenvalue weighted by molar-refractivity contribution is 14.1. The van der Waals surface area contributed by atoms with Crippen molar-refractivity contribution >= 4 is 40.5 Å². The Kier molecular flexibility index (Phi) is 7.64. The summed E-state index contributed by atoms with van der Waals surface area (Å²) in [6.07, 6.45) is 2.06. The molecule has 1 unspecified atom stereocenters. The lowest BCUT2D eigenvalue weighted by Crippen LogP contribution is -2.54. The minimum Gasteiger partial charge on any atom is -0.465 e. The van der Waals surface area contributed by atoms with Gasteiger partial charge in [-0.15, -0.1) is 0 Å². The molecule has 7 heteroatoms. The predicted molar refractivity (Wildman–Crippen MR) is 107 cm³/mol. The summed E-state index contributed by atoms with van der Waals surface area (Å²) >= 11 is 2.22. The standard InChI is InChI=1S/C20H25IO6/c1-4-25-17(22)20(18(23)26-5-2,19(24)27-6-3)16-9-7-8-13-12-14(21)10-11-15(13)16/h10-12,16H,4-9H2,1-3H3. The molecule has 0 N–H and O–H groups in total. The van der Waals surface area contributed by atoms with Crippen LogP contribution in [-0.2, 0) is 35.0 Å². The number of benzene rings is 1. The van der Waals surface area contributed by atoms with E-state index >= 15 is 0 Å². The van der Waals surface area contributed by atoms with Crippen LogP contribution in [0.15, 0.2) is 18.2 Å². The van der Waals surface area contributed by atoms with Gasteiger partial charge < -0.3 is 14.2 Å². The number of hydrogen-bond donors (Lipinski definition) is 0. The molecule has 2 rings (SSSR count). The zero-order chi connectivity index (χ0) is 20.0. The Morgan fingerprint density at radius 1 is 1.00 bits per heavy atom. The van der Waals surface area contributed by atoms with Crippen LogP contribution in [0.2, 0.25) is 0 Å². The smallest absolute Gasteiger partial charge is 0.335 e. The van der Waals surface area contributed by atoms with Crippen molar-refractivity contribution in [2.75, 3.05) is 19.8 Å². The van der Waals surface area contributed by atoms with Gasteiger partial charge in [0.05, 0.1) is 19.8 Å². The molecule has 148 valence electrons. The van der Waals surface area contributed by atoms with E-state index in [0.717, 1.165) is 27.5 Å². The quantitative estimate of drug-likeness (QED) is 0.254. The fourth-order valence-corrected chi connectivity index (χ4v) is 4.20. The first-order chi connectivity index (χ1) is 12.9. The number of halogens is 1. The van der Waals surface area contributed by atoms with Crippen LogP contribution in [0.1, 0.15) is 50.7 Å². The summed E-state index contributed by atoms with van der Waals surface area (Å²) in [6.45, 7) is 5.05. The summed E-state index contributed by atoms with van der Waals surface area (Å²) in [5, 5.41) is 0. The number of rotatable bonds is 7. The molecule has 0 saturated carbocycles. The summed E-state index contributed by atoms with van der Waals surface area (Å²) < 4.78 is 16.6. The minimum absolute atomic E-state index is 0.0473. The lowest BCUT2D eigenvalue weighted by Gasteiger charge is -2.37. The average Bonchev–Trinajstić information content (AvgIpc) is 2.63. The first-order valence-corrected chi connectivity index (χ1v) is 10.3. The van der Waals surface area contributed by atoms with E-state index in [1.807, 2.05) is 18.2 Å². The molecule has 1 aliphatic rings. The normalized spacial score (nSPS) is 16.2. The second-order valence-corrected chi connectivity index (χ2v) is 7.50. The first kappa shape index (κ1) is 21.7. The van der Waals surface area contributed by atoms with Crippen molar-refractivity contribution in [2.45, 2.75) is 46.0 Å². The zero-order valence-corrected chi connectivity index (χ0v) is 18.0. The summed E-state index contributed by atoms with van der Waals surface area (Å²) in [7, 11) is 0. The molecule has 1 atom stereocenters. The van der Waals surface area contributed by atoms with E-state index in [0.29, 0.717) is 6.42 Å². The average molecular weight is 488 g/mol. The van der Waals surface area contributed by atoms with Crippen LogP contribution < -0.4 is 0 Å². The number of carbonyl (C=O) groups excluding carboxylic acids is 3. The number of ether oxygens (including phenoxy) is 3. The SMILES string of the molecule is CCOC(=O)C(C(=O)OCC)(C(=O)OCC)C1CCCc2cc(I)ccc21. The third kappa shape index (κ3) is 4.12. The Labute approximate surface area is 173 Å². The summed E-state index contributed by atoms with van der Waals surface area (Å²) in [4.78, 5) is 39.1. The molecule has 0 spiro atoms. The van der Waals surface area contributed by atoms with Gasteiger partial charge in [0.25, 0.3) is 5.41 Å². The molecular formula is C20H25IO6. The van der Waals surface area contributed by atoms with Crippen LogP contribution in [0.4, 0.5) is 0 Å². The monoisotopic (exact) mass is 488 g/mol. The Hall–Kier alpha value is -1.64. The third-order valence-electron chi connectivity index (χ3n) is 4.73. The van der Waals surface area contributed by atoms with E-state index in [2.05, 4.69) is 22.6 Å². The Balaban J connectivity index is 2.69. The number of esters is 3. The summed E-state index contributed by atoms with van der Waals surface area (Å²) in [5.41, 5.74) is -0.319. The maximum absolute atomic E-state index is 13.0. The molecule has 0 heterocycles. The summed E-state index contributed by atoms with van der Waals surface area (Å²) in [6, 6.07) is 5.81. The Morgan fingerprint density at radius 2 is 1.52 bits per heavy atom. The van der Waals surface area contributed by atoms with Crippen molar-refractivity contribution in [3.8, 4) is 0 Å². The van der Waals surface area contributed by atoms with Crippen LogP contribution in [0, 0.1) is 8.99 Å². The maximum Gasteiger partial charge on any atom is 0.335 e. The molecule has 0 radical (unpaired) electrons. The highest BCUT2D eigenvalue weighted by atomic mass is 127. The van der Waals surface area contributed by atoms with E-state index < -0.39 is 29.2 Å². The third-order valence-corrected chi connectivity index (χ3v) is 5.41. The van der Waals surface area contributed by atoms with Gasteiger partial charge in [-0.25, -0.2) is 0 Å². The van der Waals surface area contributed by atoms with Crippen LogP contribution in [0.25, 0.3) is 0 Å². The molecule has 1 aliphatic carbocycles. The highest BCUT2D eigenvalue weighted by Crippen LogP contribution is 2.47. The number of aryl methyl sites for hydroxylation is 1. The molecular weight excluding hydrogens is 463 g/mol. The fourth-order valence-electron chi connectivity index (χ4n) is 3.64. The second-order valence-electron chi connectivity index (χ2n) is 6.26. The summed E-state index contributed by atoms with van der Waals surface area (Å²) in [5.74, 6) is -3.40. The van der Waals surface area contributed by atoms with Gasteiger partial charge in [-0.2, -0.15) is 0 Å². The van der Waals surface area contributed by atoms with E-state index in [-0.39, 0.29) is 19.8 Å². The van der Waals surface area contributed by atoms with Gasteiger partial charge in [0.15, 0.2) is 0 Å². The largest absolute Gasteiger partial charge is 0.465 e. The van der Waals surface area contributed by atoms with Crippen molar-refractivity contribution in [1.29, 1.82) is 0 Å². The van der Waals surface area contributed by atoms with Crippen molar-refractivity contribution in [3.05, 3.63) is 32.9 Å². The van der Waals surface area contributed by atoms with Gasteiger partial charge in [0.2, 0.25) is 0 Å². The number of fused-ring (bicyclic) bond motifs is 1. The minimum atomic E-state index is -2.15. The molecule has 0 amide bonds. The van der Waals surface area contributed by atoms with Crippen LogP contribution in [0.5, 0.6) is 0 Å². The van der Waals surface area contributed by atoms with Gasteiger partial charge in [-0.1, -0.05) is 6.07 Å². The van der Waals surface area contributed by atoms with E-state index in [1.54, 1.807) is 20.8 Å². The lowest BCUT2D eigenvalue weighted by molar-refractivity contribution is -0.186. The van der Waals surface area contributed by atoms with Gasteiger partial charge in [0, 0.05) is 9.49 Å². The molecule has 0 fully saturated rings. The van der Waals surface area contributed by atoms with Crippen LogP contribution >= 0.6 is 22.6 Å². The van der Waals surface area contributed by atoms with E-state index in [4.69, 9.17) is 14.2 Å². The molecule has 1 aromatic rings. The molecule has 0 aromatic heterocycles. The van der Waals surface area contributed by atoms with Gasteiger partial charge >= 0.3 is 17.9 Å². The number of hydrogen-bond acceptors (Lipinski definition) is 6. The van der Waals surface area contributed by atoms with Gasteiger partial charge in [0.1, 0.15) is 0 Å². The van der Waals surface area contributed by atoms with Crippen molar-refractivity contribution in [3.63, 3.8) is 0 Å². The zero-order valence-electron chi connectivity index (χ0n) is 15.9. The number of carbonyl (C=O) groups is 3. The second kappa shape index (κ2) is 9.52. The maximum atomic E-state index is 13.0. The predicted octanol–water partition coefficient (Wildman–Crippen LogP) is 3.39. The molecule has 6 nitrogen and oxygen atoms in total. The topological polar surface area (TPSA) is 78.9 Å². The lowest BCUT2D eigenvalue weighted by atomic mass is 9.66. The van der Waals surface area contributed by atoms with Crippen LogP contribution in [0.3, 0.4) is 0 Å². The van der Waals surface area contributed by atoms with Gasteiger partial charge in [-0.05, 0) is 85.9 Å². The Morgan fingerprint density at radius 3 is 2.00 bits per heavy atom. The van der Waals surface area contributed by atoms with Crippen molar-refractivity contribution in [1.82, 2.24) is 0 Å².